The summed E-state index contributed by atoms with van der Waals surface area (Å²) in [4.78, 5) is 17.3. The fourth-order valence-electron chi connectivity index (χ4n) is 3.14. The molecule has 27 heavy (non-hydrogen) atoms. The predicted molar refractivity (Wildman–Crippen MR) is 115 cm³/mol. The van der Waals surface area contributed by atoms with Crippen molar-refractivity contribution in [2.75, 3.05) is 0 Å². The van der Waals surface area contributed by atoms with E-state index in [4.69, 9.17) is 0 Å². The quantitative estimate of drug-likeness (QED) is 0.602. The van der Waals surface area contributed by atoms with Crippen LogP contribution in [-0.2, 0) is 13.0 Å². The largest absolute Gasteiger partial charge is 0.493 e. The zero-order valence-corrected chi connectivity index (χ0v) is 17.0. The van der Waals surface area contributed by atoms with Crippen LogP contribution in [0.2, 0.25) is 0 Å². The number of aromatic hydroxyl groups is 1. The maximum absolute atomic E-state index is 12.4. The Balaban J connectivity index is 1.69. The Morgan fingerprint density at radius 1 is 1.22 bits per heavy atom. The lowest BCUT2D eigenvalue weighted by Gasteiger charge is -2.05. The van der Waals surface area contributed by atoms with Crippen LogP contribution in [0.1, 0.15) is 28.5 Å². The van der Waals surface area contributed by atoms with Crippen LogP contribution in [0.3, 0.4) is 0 Å². The lowest BCUT2D eigenvalue weighted by molar-refractivity contribution is 0.420. The zero-order chi connectivity index (χ0) is 19.0. The summed E-state index contributed by atoms with van der Waals surface area (Å²) in [5.74, 6) is -0.00563. The number of aryl methyl sites for hydroxylation is 1. The Hall–Kier alpha value is -2.44. The third kappa shape index (κ3) is 3.42. The summed E-state index contributed by atoms with van der Waals surface area (Å²) in [5, 5.41) is 10.6. The van der Waals surface area contributed by atoms with E-state index in [0.29, 0.717) is 11.4 Å². The summed E-state index contributed by atoms with van der Waals surface area (Å²) in [6.45, 7) is 2.44. The third-order valence-corrected chi connectivity index (χ3v) is 6.02. The SMILES string of the molecule is CCc1cccc2c1N=C/C2=C\c1sc(=O)n(Cc2ccc(Br)cc2)c1O. The molecule has 0 atom stereocenters. The second kappa shape index (κ2) is 7.29. The second-order valence-electron chi connectivity index (χ2n) is 6.29. The monoisotopic (exact) mass is 440 g/mol. The van der Waals surface area contributed by atoms with Crippen molar-refractivity contribution in [2.24, 2.45) is 4.99 Å². The number of allylic oxidation sites excluding steroid dienone is 1. The zero-order valence-electron chi connectivity index (χ0n) is 14.6. The Morgan fingerprint density at radius 2 is 2.00 bits per heavy atom. The van der Waals surface area contributed by atoms with Crippen molar-refractivity contribution >= 4 is 50.8 Å². The van der Waals surface area contributed by atoms with Gasteiger partial charge in [0.05, 0.1) is 17.1 Å². The molecule has 6 heteroatoms. The number of fused-ring (bicyclic) bond motifs is 1. The molecule has 0 saturated heterocycles. The van der Waals surface area contributed by atoms with Gasteiger partial charge in [-0.05, 0) is 35.8 Å². The van der Waals surface area contributed by atoms with Crippen molar-refractivity contribution < 1.29 is 5.11 Å². The maximum Gasteiger partial charge on any atom is 0.310 e. The molecule has 1 aliphatic rings. The minimum atomic E-state index is -0.181. The summed E-state index contributed by atoms with van der Waals surface area (Å²) in [5.41, 5.74) is 5.07. The molecule has 0 radical (unpaired) electrons. The van der Waals surface area contributed by atoms with Gasteiger partial charge in [0.25, 0.3) is 0 Å². The van der Waals surface area contributed by atoms with Gasteiger partial charge in [0, 0.05) is 21.8 Å². The standard InChI is InChI=1S/C21H17BrN2O2S/c1-2-14-4-3-5-17-15(11-23-19(14)17)10-18-20(25)24(21(26)27-18)12-13-6-8-16(22)9-7-13/h3-11,25H,2,12H2,1H3/b15-10+. The number of halogens is 1. The lowest BCUT2D eigenvalue weighted by Crippen LogP contribution is -2.13. The molecule has 2 aromatic carbocycles. The number of rotatable bonds is 4. The van der Waals surface area contributed by atoms with Gasteiger partial charge in [-0.3, -0.25) is 14.4 Å². The highest BCUT2D eigenvalue weighted by molar-refractivity contribution is 9.10. The minimum Gasteiger partial charge on any atom is -0.493 e. The first kappa shape index (κ1) is 17.9. The van der Waals surface area contributed by atoms with E-state index in [1.54, 1.807) is 6.21 Å². The second-order valence-corrected chi connectivity index (χ2v) is 8.20. The predicted octanol–water partition coefficient (Wildman–Crippen LogP) is 5.25. The Bertz CT molecular complexity index is 1120. The van der Waals surface area contributed by atoms with E-state index in [-0.39, 0.29) is 10.8 Å². The van der Waals surface area contributed by atoms with Gasteiger partial charge in [0.2, 0.25) is 5.88 Å². The molecule has 0 saturated carbocycles. The van der Waals surface area contributed by atoms with Gasteiger partial charge in [-0.2, -0.15) is 0 Å². The molecule has 136 valence electrons. The molecule has 0 spiro atoms. The molecule has 0 bridgehead atoms. The van der Waals surface area contributed by atoms with Crippen molar-refractivity contribution in [3.05, 3.63) is 78.2 Å². The highest BCUT2D eigenvalue weighted by Crippen LogP contribution is 2.37. The lowest BCUT2D eigenvalue weighted by atomic mass is 10.0. The number of aliphatic imine (C=N–C) groups is 1. The van der Waals surface area contributed by atoms with E-state index >= 15 is 0 Å². The minimum absolute atomic E-state index is 0.00563. The molecule has 1 N–H and O–H groups in total. The van der Waals surface area contributed by atoms with Crippen LogP contribution in [0.4, 0.5) is 5.69 Å². The van der Waals surface area contributed by atoms with Gasteiger partial charge < -0.3 is 5.11 Å². The number of nitrogens with zero attached hydrogens (tertiary/aromatic N) is 2. The highest BCUT2D eigenvalue weighted by Gasteiger charge is 2.18. The Labute approximate surface area is 169 Å². The van der Waals surface area contributed by atoms with Crippen LogP contribution in [0.25, 0.3) is 11.6 Å². The van der Waals surface area contributed by atoms with Crippen LogP contribution < -0.4 is 4.87 Å². The number of aromatic nitrogens is 1. The van der Waals surface area contributed by atoms with Gasteiger partial charge in [0.15, 0.2) is 0 Å². The third-order valence-electron chi connectivity index (χ3n) is 4.58. The molecule has 0 unspecified atom stereocenters. The van der Waals surface area contributed by atoms with Crippen LogP contribution in [-0.4, -0.2) is 15.9 Å². The van der Waals surface area contributed by atoms with Gasteiger partial charge >= 0.3 is 4.87 Å². The molecule has 2 heterocycles. The number of thiazole rings is 1. The molecular formula is C21H17BrN2O2S. The van der Waals surface area contributed by atoms with E-state index < -0.39 is 0 Å². The van der Waals surface area contributed by atoms with Gasteiger partial charge in [-0.25, -0.2) is 0 Å². The summed E-state index contributed by atoms with van der Waals surface area (Å²) in [6.07, 6.45) is 4.55. The number of para-hydroxylation sites is 1. The first-order valence-electron chi connectivity index (χ1n) is 8.62. The van der Waals surface area contributed by atoms with Gasteiger partial charge in [-0.15, -0.1) is 0 Å². The number of benzene rings is 2. The average Bonchev–Trinajstić information content (AvgIpc) is 3.20. The highest BCUT2D eigenvalue weighted by atomic mass is 79.9. The topological polar surface area (TPSA) is 54.6 Å². The summed E-state index contributed by atoms with van der Waals surface area (Å²) >= 11 is 4.45. The molecule has 3 aromatic rings. The molecule has 0 fully saturated rings. The molecule has 4 nitrogen and oxygen atoms in total. The fourth-order valence-corrected chi connectivity index (χ4v) is 4.24. The first-order valence-corrected chi connectivity index (χ1v) is 10.2. The van der Waals surface area contributed by atoms with Crippen molar-refractivity contribution in [3.8, 4) is 5.88 Å². The van der Waals surface area contributed by atoms with E-state index in [9.17, 15) is 9.90 Å². The first-order chi connectivity index (χ1) is 13.1. The number of hydrogen-bond donors (Lipinski definition) is 1. The van der Waals surface area contributed by atoms with Crippen molar-refractivity contribution in [2.45, 2.75) is 19.9 Å². The molecule has 1 aromatic heterocycles. The van der Waals surface area contributed by atoms with E-state index in [1.165, 1.54) is 10.1 Å². The fraction of sp³-hybridized carbons (Fsp3) is 0.143. The molecular weight excluding hydrogens is 424 g/mol. The summed E-state index contributed by atoms with van der Waals surface area (Å²) in [6, 6.07) is 13.8. The number of hydrogen-bond acceptors (Lipinski definition) is 4. The van der Waals surface area contributed by atoms with Crippen LogP contribution in [0.5, 0.6) is 5.88 Å². The van der Waals surface area contributed by atoms with Crippen molar-refractivity contribution in [1.29, 1.82) is 0 Å². The summed E-state index contributed by atoms with van der Waals surface area (Å²) in [7, 11) is 0. The Kier molecular flexibility index (Phi) is 4.85. The molecule has 4 rings (SSSR count). The van der Waals surface area contributed by atoms with Crippen molar-refractivity contribution in [3.63, 3.8) is 0 Å². The molecule has 0 aliphatic carbocycles. The van der Waals surface area contributed by atoms with Crippen LogP contribution >= 0.6 is 27.3 Å². The Morgan fingerprint density at radius 3 is 2.74 bits per heavy atom. The van der Waals surface area contributed by atoms with E-state index in [1.807, 2.05) is 42.5 Å². The average molecular weight is 441 g/mol. The normalized spacial score (nSPS) is 14.1. The van der Waals surface area contributed by atoms with Crippen molar-refractivity contribution in [1.82, 2.24) is 4.57 Å². The summed E-state index contributed by atoms with van der Waals surface area (Å²) < 4.78 is 2.37. The van der Waals surface area contributed by atoms with Gasteiger partial charge in [0.1, 0.15) is 0 Å². The molecule has 0 amide bonds. The van der Waals surface area contributed by atoms with E-state index in [0.717, 1.165) is 44.6 Å². The van der Waals surface area contributed by atoms with Crippen LogP contribution in [0, 0.1) is 0 Å². The van der Waals surface area contributed by atoms with Crippen LogP contribution in [0.15, 0.2) is 56.7 Å². The maximum atomic E-state index is 12.4. The molecule has 1 aliphatic heterocycles. The van der Waals surface area contributed by atoms with E-state index in [2.05, 4.69) is 33.9 Å². The smallest absolute Gasteiger partial charge is 0.310 e. The van der Waals surface area contributed by atoms with Gasteiger partial charge in [-0.1, -0.05) is 64.5 Å².